The summed E-state index contributed by atoms with van der Waals surface area (Å²) in [6.07, 6.45) is 7.15. The maximum absolute atomic E-state index is 10.5. The van der Waals surface area contributed by atoms with Crippen LogP contribution in [0.3, 0.4) is 0 Å². The van der Waals surface area contributed by atoms with Crippen LogP contribution in [0.4, 0.5) is 5.95 Å². The summed E-state index contributed by atoms with van der Waals surface area (Å²) in [5, 5.41) is 0.563. The third-order valence-electron chi connectivity index (χ3n) is 3.70. The molecule has 0 aliphatic carbocycles. The standard InChI is InChI=1S/C13H18ClN3O/c1-10(4-7-18)11-2-5-17(6-3-11)13-15-8-12(14)9-16-13/h7-11H,2-6H2,1H3/t10-/m1/s1. The number of nitrogens with zero attached hydrogens (tertiary/aromatic N) is 3. The van der Waals surface area contributed by atoms with E-state index in [0.717, 1.165) is 38.2 Å². The second kappa shape index (κ2) is 6.14. The van der Waals surface area contributed by atoms with Crippen molar-refractivity contribution in [2.45, 2.75) is 26.2 Å². The SMILES string of the molecule is C[C@H](CC=O)C1CCN(c2ncc(Cl)cn2)CC1. The Morgan fingerprint density at radius 2 is 2.06 bits per heavy atom. The van der Waals surface area contributed by atoms with Gasteiger partial charge in [-0.15, -0.1) is 0 Å². The molecule has 1 aliphatic rings. The minimum Gasteiger partial charge on any atom is -0.341 e. The van der Waals surface area contributed by atoms with E-state index in [4.69, 9.17) is 11.6 Å². The first-order valence-corrected chi connectivity index (χ1v) is 6.74. The first kappa shape index (κ1) is 13.3. The minimum absolute atomic E-state index is 0.482. The zero-order valence-corrected chi connectivity index (χ0v) is 11.3. The van der Waals surface area contributed by atoms with Crippen LogP contribution in [0.5, 0.6) is 0 Å². The molecule has 0 spiro atoms. The topological polar surface area (TPSA) is 46.1 Å². The van der Waals surface area contributed by atoms with Crippen LogP contribution in [-0.2, 0) is 4.79 Å². The number of aromatic nitrogens is 2. The Bertz CT molecular complexity index is 388. The lowest BCUT2D eigenvalue weighted by Crippen LogP contribution is -2.36. The van der Waals surface area contributed by atoms with E-state index in [2.05, 4.69) is 21.8 Å². The summed E-state index contributed by atoms with van der Waals surface area (Å²) in [6.45, 7) is 4.07. The number of carbonyl (C=O) groups is 1. The molecule has 4 nitrogen and oxygen atoms in total. The van der Waals surface area contributed by atoms with E-state index < -0.39 is 0 Å². The average Bonchev–Trinajstić information content (AvgIpc) is 2.40. The molecule has 1 aromatic rings. The van der Waals surface area contributed by atoms with E-state index in [0.29, 0.717) is 23.3 Å². The second-order valence-electron chi connectivity index (χ2n) is 4.91. The van der Waals surface area contributed by atoms with Crippen molar-refractivity contribution in [3.8, 4) is 0 Å². The monoisotopic (exact) mass is 267 g/mol. The summed E-state index contributed by atoms with van der Waals surface area (Å²) in [5.41, 5.74) is 0. The van der Waals surface area contributed by atoms with Crippen molar-refractivity contribution in [3.63, 3.8) is 0 Å². The number of rotatable bonds is 4. The fourth-order valence-electron chi connectivity index (χ4n) is 2.48. The van der Waals surface area contributed by atoms with Crippen LogP contribution in [0.2, 0.25) is 5.02 Å². The Morgan fingerprint density at radius 3 is 2.61 bits per heavy atom. The van der Waals surface area contributed by atoms with Crippen molar-refractivity contribution < 1.29 is 4.79 Å². The van der Waals surface area contributed by atoms with Crippen molar-refractivity contribution in [3.05, 3.63) is 17.4 Å². The van der Waals surface area contributed by atoms with Gasteiger partial charge in [0.05, 0.1) is 17.4 Å². The van der Waals surface area contributed by atoms with Gasteiger partial charge in [-0.1, -0.05) is 18.5 Å². The maximum Gasteiger partial charge on any atom is 0.225 e. The zero-order valence-electron chi connectivity index (χ0n) is 10.6. The van der Waals surface area contributed by atoms with E-state index in [-0.39, 0.29) is 0 Å². The summed E-state index contributed by atoms with van der Waals surface area (Å²) < 4.78 is 0. The van der Waals surface area contributed by atoms with Gasteiger partial charge in [-0.25, -0.2) is 9.97 Å². The normalized spacial score (nSPS) is 18.7. The molecule has 1 fully saturated rings. The molecule has 5 heteroatoms. The Morgan fingerprint density at radius 1 is 1.44 bits per heavy atom. The maximum atomic E-state index is 10.5. The highest BCUT2D eigenvalue weighted by atomic mass is 35.5. The molecule has 1 aromatic heterocycles. The predicted octanol–water partition coefficient (Wildman–Crippen LogP) is 2.57. The third kappa shape index (κ3) is 3.19. The number of halogens is 1. The van der Waals surface area contributed by atoms with Crippen molar-refractivity contribution >= 4 is 23.8 Å². The highest BCUT2D eigenvalue weighted by molar-refractivity contribution is 6.30. The van der Waals surface area contributed by atoms with Crippen molar-refractivity contribution in [2.24, 2.45) is 11.8 Å². The molecule has 1 atom stereocenters. The summed E-state index contributed by atoms with van der Waals surface area (Å²) in [6, 6.07) is 0. The zero-order chi connectivity index (χ0) is 13.0. The van der Waals surface area contributed by atoms with Gasteiger partial charge in [-0.3, -0.25) is 0 Å². The number of aldehydes is 1. The van der Waals surface area contributed by atoms with Crippen molar-refractivity contribution in [2.75, 3.05) is 18.0 Å². The highest BCUT2D eigenvalue weighted by Crippen LogP contribution is 2.27. The van der Waals surface area contributed by atoms with Gasteiger partial charge in [0.25, 0.3) is 0 Å². The first-order valence-electron chi connectivity index (χ1n) is 6.37. The van der Waals surface area contributed by atoms with E-state index in [1.54, 1.807) is 12.4 Å². The summed E-state index contributed by atoms with van der Waals surface area (Å²) in [4.78, 5) is 21.2. The fraction of sp³-hybridized carbons (Fsp3) is 0.615. The summed E-state index contributed by atoms with van der Waals surface area (Å²) >= 11 is 5.77. The average molecular weight is 268 g/mol. The van der Waals surface area contributed by atoms with E-state index >= 15 is 0 Å². The van der Waals surface area contributed by atoms with E-state index in [9.17, 15) is 4.79 Å². The number of piperidine rings is 1. The van der Waals surface area contributed by atoms with Crippen LogP contribution in [0, 0.1) is 11.8 Å². The quantitative estimate of drug-likeness (QED) is 0.787. The van der Waals surface area contributed by atoms with Gasteiger partial charge in [0, 0.05) is 19.5 Å². The van der Waals surface area contributed by atoms with Crippen LogP contribution in [0.1, 0.15) is 26.2 Å². The molecule has 0 N–H and O–H groups in total. The number of anilines is 1. The van der Waals surface area contributed by atoms with Gasteiger partial charge < -0.3 is 9.69 Å². The second-order valence-corrected chi connectivity index (χ2v) is 5.34. The highest BCUT2D eigenvalue weighted by Gasteiger charge is 2.24. The van der Waals surface area contributed by atoms with E-state index in [1.165, 1.54) is 0 Å². The third-order valence-corrected chi connectivity index (χ3v) is 3.90. The van der Waals surface area contributed by atoms with E-state index in [1.807, 2.05) is 0 Å². The molecule has 1 aliphatic heterocycles. The molecule has 1 saturated heterocycles. The van der Waals surface area contributed by atoms with Gasteiger partial charge >= 0.3 is 0 Å². The van der Waals surface area contributed by atoms with Crippen LogP contribution < -0.4 is 4.90 Å². The number of hydrogen-bond donors (Lipinski definition) is 0. The molecule has 98 valence electrons. The fourth-order valence-corrected chi connectivity index (χ4v) is 2.58. The largest absolute Gasteiger partial charge is 0.341 e. The van der Waals surface area contributed by atoms with Crippen LogP contribution >= 0.6 is 11.6 Å². The summed E-state index contributed by atoms with van der Waals surface area (Å²) in [5.74, 6) is 1.87. The predicted molar refractivity (Wildman–Crippen MR) is 71.8 cm³/mol. The minimum atomic E-state index is 0.482. The van der Waals surface area contributed by atoms with Gasteiger partial charge in [0.2, 0.25) is 5.95 Å². The van der Waals surface area contributed by atoms with Crippen molar-refractivity contribution in [1.29, 1.82) is 0 Å². The van der Waals surface area contributed by atoms with Gasteiger partial charge in [-0.05, 0) is 24.7 Å². The van der Waals surface area contributed by atoms with Gasteiger partial charge in [0.15, 0.2) is 0 Å². The molecular formula is C13H18ClN3O. The van der Waals surface area contributed by atoms with Gasteiger partial charge in [0.1, 0.15) is 6.29 Å². The molecule has 0 amide bonds. The van der Waals surface area contributed by atoms with Crippen LogP contribution in [0.25, 0.3) is 0 Å². The van der Waals surface area contributed by atoms with Crippen molar-refractivity contribution in [1.82, 2.24) is 9.97 Å². The Labute approximate surface area is 112 Å². The molecule has 0 aromatic carbocycles. The molecule has 2 heterocycles. The molecule has 0 unspecified atom stereocenters. The summed E-state index contributed by atoms with van der Waals surface area (Å²) in [7, 11) is 0. The molecule has 2 rings (SSSR count). The molecule has 18 heavy (non-hydrogen) atoms. The molecule has 0 bridgehead atoms. The van der Waals surface area contributed by atoms with Crippen LogP contribution in [0.15, 0.2) is 12.4 Å². The molecule has 0 saturated carbocycles. The van der Waals surface area contributed by atoms with Gasteiger partial charge in [-0.2, -0.15) is 0 Å². The Kier molecular flexibility index (Phi) is 4.53. The Balaban J connectivity index is 1.90. The number of hydrogen-bond acceptors (Lipinski definition) is 4. The first-order chi connectivity index (χ1) is 8.70. The Hall–Kier alpha value is -1.16. The lowest BCUT2D eigenvalue weighted by atomic mass is 9.84. The lowest BCUT2D eigenvalue weighted by molar-refractivity contribution is -0.108. The number of carbonyl (C=O) groups excluding carboxylic acids is 1. The lowest BCUT2D eigenvalue weighted by Gasteiger charge is -2.34. The van der Waals surface area contributed by atoms with Crippen LogP contribution in [-0.4, -0.2) is 29.3 Å². The molecule has 0 radical (unpaired) electrons. The molecular weight excluding hydrogens is 250 g/mol. The smallest absolute Gasteiger partial charge is 0.225 e.